The Morgan fingerprint density at radius 2 is 1.38 bits per heavy atom. The van der Waals surface area contributed by atoms with Crippen molar-refractivity contribution in [2.24, 2.45) is 5.41 Å². The molecule has 0 aliphatic heterocycles. The highest BCUT2D eigenvalue weighted by molar-refractivity contribution is 6.13. The first kappa shape index (κ1) is 18.6. The van der Waals surface area contributed by atoms with E-state index in [1.807, 2.05) is 65.8 Å². The summed E-state index contributed by atoms with van der Waals surface area (Å²) in [6, 6.07) is 12.3. The zero-order valence-corrected chi connectivity index (χ0v) is 16.6. The second-order valence-electron chi connectivity index (χ2n) is 8.62. The van der Waals surface area contributed by atoms with E-state index in [9.17, 15) is 9.59 Å². The van der Waals surface area contributed by atoms with Gasteiger partial charge in [0.2, 0.25) is 0 Å². The fourth-order valence-corrected chi connectivity index (χ4v) is 4.69. The number of benzene rings is 2. The van der Waals surface area contributed by atoms with E-state index in [1.165, 1.54) is 5.56 Å². The number of rotatable bonds is 2. The minimum atomic E-state index is -0.644. The maximum Gasteiger partial charge on any atom is 0.155 e. The SMILES string of the molecule is Cc1ccc(C2C(=O)C(c3c(C)cc(C)cc3C)C(=O)CC2(C)C)cc1. The summed E-state index contributed by atoms with van der Waals surface area (Å²) in [5, 5.41) is 0. The van der Waals surface area contributed by atoms with Crippen molar-refractivity contribution in [3.63, 3.8) is 0 Å². The van der Waals surface area contributed by atoms with E-state index >= 15 is 0 Å². The van der Waals surface area contributed by atoms with Crippen LogP contribution in [-0.2, 0) is 9.59 Å². The van der Waals surface area contributed by atoms with Crippen LogP contribution in [0.2, 0.25) is 0 Å². The summed E-state index contributed by atoms with van der Waals surface area (Å²) in [6.07, 6.45) is 0.425. The van der Waals surface area contributed by atoms with E-state index in [2.05, 4.69) is 12.1 Å². The third kappa shape index (κ3) is 3.13. The number of carbonyl (C=O) groups excluding carboxylic acids is 2. The highest BCUT2D eigenvalue weighted by Crippen LogP contribution is 2.48. The van der Waals surface area contributed by atoms with E-state index in [4.69, 9.17) is 0 Å². The molecule has 2 unspecified atom stereocenters. The third-order valence-electron chi connectivity index (χ3n) is 5.74. The van der Waals surface area contributed by atoms with Crippen LogP contribution >= 0.6 is 0 Å². The van der Waals surface area contributed by atoms with Crippen LogP contribution in [0.5, 0.6) is 0 Å². The van der Waals surface area contributed by atoms with Gasteiger partial charge in [-0.1, -0.05) is 61.4 Å². The average molecular weight is 348 g/mol. The quantitative estimate of drug-likeness (QED) is 0.685. The second-order valence-corrected chi connectivity index (χ2v) is 8.62. The number of hydrogen-bond donors (Lipinski definition) is 0. The van der Waals surface area contributed by atoms with Gasteiger partial charge in [-0.2, -0.15) is 0 Å². The molecular weight excluding hydrogens is 320 g/mol. The summed E-state index contributed by atoms with van der Waals surface area (Å²) >= 11 is 0. The van der Waals surface area contributed by atoms with E-state index in [-0.39, 0.29) is 22.9 Å². The minimum absolute atomic E-state index is 0.0464. The second kappa shape index (κ2) is 6.50. The van der Waals surface area contributed by atoms with E-state index in [1.54, 1.807) is 0 Å². The Hall–Kier alpha value is -2.22. The van der Waals surface area contributed by atoms with Crippen LogP contribution in [0.3, 0.4) is 0 Å². The van der Waals surface area contributed by atoms with Crippen LogP contribution in [-0.4, -0.2) is 11.6 Å². The molecule has 26 heavy (non-hydrogen) atoms. The predicted molar refractivity (Wildman–Crippen MR) is 106 cm³/mol. The van der Waals surface area contributed by atoms with E-state index in [0.29, 0.717) is 6.42 Å². The summed E-state index contributed by atoms with van der Waals surface area (Å²) in [6.45, 7) is 12.2. The van der Waals surface area contributed by atoms with E-state index < -0.39 is 5.92 Å². The van der Waals surface area contributed by atoms with E-state index in [0.717, 1.165) is 27.8 Å². The molecule has 0 spiro atoms. The molecule has 1 aliphatic carbocycles. The monoisotopic (exact) mass is 348 g/mol. The lowest BCUT2D eigenvalue weighted by Crippen LogP contribution is -2.43. The Labute approximate surface area is 156 Å². The number of ketones is 2. The molecule has 1 saturated carbocycles. The van der Waals surface area contributed by atoms with Gasteiger partial charge in [0, 0.05) is 12.3 Å². The van der Waals surface area contributed by atoms with Crippen LogP contribution < -0.4 is 0 Å². The van der Waals surface area contributed by atoms with Gasteiger partial charge in [0.25, 0.3) is 0 Å². The number of carbonyl (C=O) groups is 2. The zero-order chi connectivity index (χ0) is 19.2. The summed E-state index contributed by atoms with van der Waals surface area (Å²) in [5.74, 6) is -0.801. The van der Waals surface area contributed by atoms with Crippen molar-refractivity contribution in [3.05, 3.63) is 69.8 Å². The van der Waals surface area contributed by atoms with Crippen molar-refractivity contribution in [2.75, 3.05) is 0 Å². The van der Waals surface area contributed by atoms with Crippen LogP contribution in [0.15, 0.2) is 36.4 Å². The van der Waals surface area contributed by atoms with Gasteiger partial charge in [0.15, 0.2) is 5.78 Å². The Balaban J connectivity index is 2.13. The van der Waals surface area contributed by atoms with Crippen molar-refractivity contribution < 1.29 is 9.59 Å². The summed E-state index contributed by atoms with van der Waals surface area (Å²) < 4.78 is 0. The smallest absolute Gasteiger partial charge is 0.155 e. The van der Waals surface area contributed by atoms with Crippen molar-refractivity contribution in [2.45, 2.75) is 59.8 Å². The summed E-state index contributed by atoms with van der Waals surface area (Å²) in [7, 11) is 0. The first-order valence-corrected chi connectivity index (χ1v) is 9.32. The Morgan fingerprint density at radius 1 is 0.846 bits per heavy atom. The lowest BCUT2D eigenvalue weighted by molar-refractivity contribution is -0.137. The molecule has 1 aliphatic rings. The van der Waals surface area contributed by atoms with Gasteiger partial charge in [-0.25, -0.2) is 0 Å². The molecule has 0 aromatic heterocycles. The first-order valence-electron chi connectivity index (χ1n) is 9.32. The lowest BCUT2D eigenvalue weighted by Gasteiger charge is -2.41. The van der Waals surface area contributed by atoms with Gasteiger partial charge in [-0.3, -0.25) is 9.59 Å². The number of hydrogen-bond acceptors (Lipinski definition) is 2. The van der Waals surface area contributed by atoms with Gasteiger partial charge < -0.3 is 0 Å². The first-order chi connectivity index (χ1) is 12.1. The van der Waals surface area contributed by atoms with Crippen LogP contribution in [0, 0.1) is 33.1 Å². The van der Waals surface area contributed by atoms with Gasteiger partial charge >= 0.3 is 0 Å². The van der Waals surface area contributed by atoms with Gasteiger partial charge in [0.05, 0.1) is 0 Å². The maximum absolute atomic E-state index is 13.6. The normalized spacial score (nSPS) is 22.5. The van der Waals surface area contributed by atoms with Gasteiger partial charge in [-0.15, -0.1) is 0 Å². The van der Waals surface area contributed by atoms with Crippen LogP contribution in [0.1, 0.15) is 65.5 Å². The molecule has 2 heteroatoms. The fourth-order valence-electron chi connectivity index (χ4n) is 4.69. The molecule has 2 aromatic rings. The predicted octanol–water partition coefficient (Wildman–Crippen LogP) is 5.36. The number of aryl methyl sites for hydroxylation is 4. The fraction of sp³-hybridized carbons (Fsp3) is 0.417. The molecule has 0 amide bonds. The number of Topliss-reactive ketones (excluding diaryl/α,β-unsaturated/α-hetero) is 2. The topological polar surface area (TPSA) is 34.1 Å². The highest BCUT2D eigenvalue weighted by atomic mass is 16.2. The van der Waals surface area contributed by atoms with Gasteiger partial charge in [0.1, 0.15) is 11.7 Å². The molecule has 2 aromatic carbocycles. The Bertz CT molecular complexity index is 849. The standard InChI is InChI=1S/C24H28O2/c1-14-7-9-18(10-8-14)22-23(26)21(19(25)13-24(22,5)6)20-16(3)11-15(2)12-17(20)4/h7-12,21-22H,13H2,1-6H3. The average Bonchev–Trinajstić information content (AvgIpc) is 2.50. The van der Waals surface area contributed by atoms with Crippen molar-refractivity contribution in [3.8, 4) is 0 Å². The largest absolute Gasteiger partial charge is 0.298 e. The van der Waals surface area contributed by atoms with Gasteiger partial charge in [-0.05, 0) is 55.4 Å². The minimum Gasteiger partial charge on any atom is -0.298 e. The maximum atomic E-state index is 13.6. The van der Waals surface area contributed by atoms with Crippen LogP contribution in [0.4, 0.5) is 0 Å². The molecule has 0 saturated heterocycles. The Morgan fingerprint density at radius 3 is 1.92 bits per heavy atom. The summed E-state index contributed by atoms with van der Waals surface area (Å²) in [4.78, 5) is 26.6. The highest BCUT2D eigenvalue weighted by Gasteiger charge is 2.49. The van der Waals surface area contributed by atoms with Crippen molar-refractivity contribution in [1.29, 1.82) is 0 Å². The molecule has 0 N–H and O–H groups in total. The van der Waals surface area contributed by atoms with Crippen molar-refractivity contribution >= 4 is 11.6 Å². The lowest BCUT2D eigenvalue weighted by atomic mass is 9.60. The third-order valence-corrected chi connectivity index (χ3v) is 5.74. The summed E-state index contributed by atoms with van der Waals surface area (Å²) in [5.41, 5.74) is 5.98. The molecule has 3 rings (SSSR count). The van der Waals surface area contributed by atoms with Crippen LogP contribution in [0.25, 0.3) is 0 Å². The molecule has 0 bridgehead atoms. The molecule has 1 fully saturated rings. The molecule has 2 nitrogen and oxygen atoms in total. The Kier molecular flexibility index (Phi) is 4.64. The van der Waals surface area contributed by atoms with Crippen molar-refractivity contribution in [1.82, 2.24) is 0 Å². The molecule has 2 atom stereocenters. The zero-order valence-electron chi connectivity index (χ0n) is 16.6. The molecule has 136 valence electrons. The molecule has 0 heterocycles. The molecule has 0 radical (unpaired) electrons. The molecular formula is C24H28O2.